The number of rotatable bonds is 1. The Kier molecular flexibility index (Phi) is 1.66. The van der Waals surface area contributed by atoms with Crippen LogP contribution < -0.4 is 0 Å². The van der Waals surface area contributed by atoms with Crippen LogP contribution >= 0.6 is 15.9 Å². The molecule has 0 amide bonds. The molecule has 1 aromatic carbocycles. The number of hydrogen-bond donors (Lipinski definition) is 0. The summed E-state index contributed by atoms with van der Waals surface area (Å²) in [5, 5.41) is 8.50. The minimum Gasteiger partial charge on any atom is -0.198 e. The molecule has 0 saturated heterocycles. The van der Waals surface area contributed by atoms with E-state index in [4.69, 9.17) is 8.00 Å². The molecule has 0 saturated carbocycles. The van der Waals surface area contributed by atoms with Gasteiger partial charge >= 0.3 is 0 Å². The van der Waals surface area contributed by atoms with E-state index in [1.165, 1.54) is 0 Å². The van der Waals surface area contributed by atoms with Crippen LogP contribution in [0.1, 0.15) is 8.30 Å². The van der Waals surface area contributed by atoms with E-state index >= 15 is 0 Å². The van der Waals surface area contributed by atoms with Crippen LogP contribution in [0.25, 0.3) is 0 Å². The van der Waals surface area contributed by atoms with Crippen molar-refractivity contribution in [3.63, 3.8) is 0 Å². The molecule has 1 nitrogen and oxygen atoms in total. The summed E-state index contributed by atoms with van der Waals surface area (Å²) in [6, 6.07) is 8.28. The summed E-state index contributed by atoms with van der Waals surface area (Å²) in [6.07, 6.45) is -1.90. The van der Waals surface area contributed by atoms with E-state index < -0.39 is 6.37 Å². The van der Waals surface area contributed by atoms with Crippen LogP contribution in [0.15, 0.2) is 28.7 Å². The topological polar surface area (TPSA) is 23.8 Å². The van der Waals surface area contributed by atoms with Crippen LogP contribution in [-0.4, -0.2) is 0 Å². The summed E-state index contributed by atoms with van der Waals surface area (Å²) < 4.78 is 15.4. The third-order valence-corrected chi connectivity index (χ3v) is 1.52. The van der Waals surface area contributed by atoms with E-state index in [1.807, 2.05) is 0 Å². The SMILES string of the molecule is [2H]C([2H])(C#N)c1cccc(Br)c1. The van der Waals surface area contributed by atoms with Gasteiger partial charge in [0.25, 0.3) is 0 Å². The first-order valence-electron chi connectivity index (χ1n) is 3.73. The van der Waals surface area contributed by atoms with Gasteiger partial charge in [0.15, 0.2) is 0 Å². The molecule has 10 heavy (non-hydrogen) atoms. The first-order valence-corrected chi connectivity index (χ1v) is 3.53. The molecule has 1 aromatic rings. The summed E-state index contributed by atoms with van der Waals surface area (Å²) in [4.78, 5) is 0. The second-order valence-electron chi connectivity index (χ2n) is 1.75. The first kappa shape index (κ1) is 4.92. The Labute approximate surface area is 71.2 Å². The monoisotopic (exact) mass is 197 g/mol. The van der Waals surface area contributed by atoms with Crippen molar-refractivity contribution in [2.24, 2.45) is 0 Å². The largest absolute Gasteiger partial charge is 0.198 e. The van der Waals surface area contributed by atoms with Gasteiger partial charge in [0, 0.05) is 7.21 Å². The maximum Gasteiger partial charge on any atom is 0.0669 e. The fourth-order valence-corrected chi connectivity index (χ4v) is 1.03. The van der Waals surface area contributed by atoms with E-state index in [-0.39, 0.29) is 0 Å². The molecule has 2 heteroatoms. The van der Waals surface area contributed by atoms with Crippen molar-refractivity contribution in [2.75, 3.05) is 0 Å². The van der Waals surface area contributed by atoms with Crippen molar-refractivity contribution in [2.45, 2.75) is 6.37 Å². The molecule has 1 rings (SSSR count). The zero-order valence-corrected chi connectivity index (χ0v) is 6.72. The summed E-state index contributed by atoms with van der Waals surface area (Å²) in [6.45, 7) is 0. The molecule has 0 radical (unpaired) electrons. The average Bonchev–Trinajstić information content (AvgIpc) is 2.05. The van der Waals surface area contributed by atoms with Gasteiger partial charge in [0.2, 0.25) is 0 Å². The highest BCUT2D eigenvalue weighted by Gasteiger charge is 1.90. The minimum absolute atomic E-state index is 0.374. The Hall–Kier alpha value is -0.810. The van der Waals surface area contributed by atoms with Crippen LogP contribution in [0.5, 0.6) is 0 Å². The van der Waals surface area contributed by atoms with E-state index in [0.29, 0.717) is 5.56 Å². The van der Waals surface area contributed by atoms with Crippen molar-refractivity contribution in [1.29, 1.82) is 5.26 Å². The number of halogens is 1. The first-order chi connectivity index (χ1) is 5.56. The number of hydrogen-bond acceptors (Lipinski definition) is 1. The van der Waals surface area contributed by atoms with Gasteiger partial charge in [-0.25, -0.2) is 0 Å². The molecule has 0 atom stereocenters. The lowest BCUT2D eigenvalue weighted by Crippen LogP contribution is -1.78. The van der Waals surface area contributed by atoms with E-state index in [2.05, 4.69) is 15.9 Å². The van der Waals surface area contributed by atoms with Gasteiger partial charge in [-0.15, -0.1) is 0 Å². The maximum atomic E-state index is 8.50. The van der Waals surface area contributed by atoms with Crippen LogP contribution in [0.4, 0.5) is 0 Å². The van der Waals surface area contributed by atoms with E-state index in [0.717, 1.165) is 4.47 Å². The standard InChI is InChI=1S/C8H6BrN/c9-8-3-1-2-7(6-8)4-5-10/h1-3,6H,4H2/i4D2. The molecule has 0 aliphatic carbocycles. The molecule has 0 unspecified atom stereocenters. The van der Waals surface area contributed by atoms with Crippen molar-refractivity contribution >= 4 is 15.9 Å². The summed E-state index contributed by atoms with van der Waals surface area (Å²) >= 11 is 3.21. The van der Waals surface area contributed by atoms with Gasteiger partial charge in [-0.3, -0.25) is 0 Å². The highest BCUT2D eigenvalue weighted by atomic mass is 79.9. The molecule has 0 bridgehead atoms. The lowest BCUT2D eigenvalue weighted by atomic mass is 10.2. The van der Waals surface area contributed by atoms with Gasteiger partial charge in [0.1, 0.15) is 0 Å². The molecule has 0 fully saturated rings. The quantitative estimate of drug-likeness (QED) is 0.680. The Morgan fingerprint density at radius 3 is 3.10 bits per heavy atom. The fourth-order valence-electron chi connectivity index (χ4n) is 0.631. The van der Waals surface area contributed by atoms with E-state index in [1.54, 1.807) is 30.3 Å². The van der Waals surface area contributed by atoms with E-state index in [9.17, 15) is 0 Å². The average molecular weight is 198 g/mol. The van der Waals surface area contributed by atoms with Crippen molar-refractivity contribution < 1.29 is 2.74 Å². The summed E-state index contributed by atoms with van der Waals surface area (Å²) in [7, 11) is 0. The molecule has 0 aliphatic rings. The smallest absolute Gasteiger partial charge is 0.0669 e. The van der Waals surface area contributed by atoms with Gasteiger partial charge in [-0.2, -0.15) is 5.26 Å². The molecule has 0 spiro atoms. The predicted molar refractivity (Wildman–Crippen MR) is 43.5 cm³/mol. The van der Waals surface area contributed by atoms with Crippen LogP contribution in [0, 0.1) is 11.3 Å². The van der Waals surface area contributed by atoms with Crippen molar-refractivity contribution in [3.05, 3.63) is 34.3 Å². The molecule has 0 N–H and O–H groups in total. The van der Waals surface area contributed by atoms with Crippen LogP contribution in [0.3, 0.4) is 0 Å². The third-order valence-electron chi connectivity index (χ3n) is 1.02. The summed E-state index contributed by atoms with van der Waals surface area (Å²) in [5.41, 5.74) is 0.374. The second-order valence-corrected chi connectivity index (χ2v) is 2.66. The zero-order chi connectivity index (χ0) is 9.19. The molecular formula is C8H6BrN. The Bertz CT molecular complexity index is 330. The molecule has 0 heterocycles. The third kappa shape index (κ3) is 1.85. The van der Waals surface area contributed by atoms with Gasteiger partial charge in [0.05, 0.1) is 12.4 Å². The number of nitriles is 1. The highest BCUT2D eigenvalue weighted by Crippen LogP contribution is 2.11. The van der Waals surface area contributed by atoms with Gasteiger partial charge in [-0.1, -0.05) is 28.1 Å². The predicted octanol–water partition coefficient (Wildman–Crippen LogP) is 2.52. The lowest BCUT2D eigenvalue weighted by molar-refractivity contribution is 1.26. The number of benzene rings is 1. The Morgan fingerprint density at radius 1 is 1.70 bits per heavy atom. The van der Waals surface area contributed by atoms with Crippen LogP contribution in [-0.2, 0) is 6.37 Å². The number of nitrogens with zero attached hydrogens (tertiary/aromatic N) is 1. The Morgan fingerprint density at radius 2 is 2.50 bits per heavy atom. The van der Waals surface area contributed by atoms with Gasteiger partial charge < -0.3 is 0 Å². The molecule has 0 aromatic heterocycles. The van der Waals surface area contributed by atoms with Crippen molar-refractivity contribution in [3.8, 4) is 6.07 Å². The Balaban J connectivity index is 3.14. The summed E-state index contributed by atoms with van der Waals surface area (Å²) in [5.74, 6) is 0. The molecular weight excluding hydrogens is 190 g/mol. The fraction of sp³-hybridized carbons (Fsp3) is 0.125. The normalized spacial score (nSPS) is 13.2. The van der Waals surface area contributed by atoms with Crippen LogP contribution in [0.2, 0.25) is 0 Å². The van der Waals surface area contributed by atoms with Gasteiger partial charge in [-0.05, 0) is 17.7 Å². The highest BCUT2D eigenvalue weighted by molar-refractivity contribution is 9.10. The lowest BCUT2D eigenvalue weighted by Gasteiger charge is -1.92. The van der Waals surface area contributed by atoms with Crippen molar-refractivity contribution in [1.82, 2.24) is 0 Å². The minimum atomic E-state index is -1.90. The molecule has 50 valence electrons. The maximum absolute atomic E-state index is 8.50. The second kappa shape index (κ2) is 3.38. The molecule has 0 aliphatic heterocycles. The zero-order valence-electron chi connectivity index (χ0n) is 7.13.